The van der Waals surface area contributed by atoms with Crippen LogP contribution in [0, 0.1) is 5.82 Å². The van der Waals surface area contributed by atoms with Crippen molar-refractivity contribution < 1.29 is 33.0 Å². The number of benzene rings is 4. The number of rotatable bonds is 11. The summed E-state index contributed by atoms with van der Waals surface area (Å²) in [7, 11) is 6.70. The number of nitrogens with one attached hydrogen (secondary N) is 1. The van der Waals surface area contributed by atoms with Gasteiger partial charge in [0, 0.05) is 37.6 Å². The first-order chi connectivity index (χ1) is 22.1. The quantitative estimate of drug-likeness (QED) is 0.238. The van der Waals surface area contributed by atoms with Crippen LogP contribution in [0.1, 0.15) is 27.5 Å². The second kappa shape index (κ2) is 13.5. The number of hydrogen-bond donors (Lipinski definition) is 1. The van der Waals surface area contributed by atoms with Crippen LogP contribution in [-0.2, 0) is 20.9 Å². The van der Waals surface area contributed by atoms with Crippen LogP contribution in [-0.4, -0.2) is 63.3 Å². The van der Waals surface area contributed by atoms with Crippen molar-refractivity contribution in [3.63, 3.8) is 0 Å². The molecule has 236 valence electrons. The van der Waals surface area contributed by atoms with Crippen LogP contribution in [0.5, 0.6) is 11.5 Å². The van der Waals surface area contributed by atoms with Gasteiger partial charge in [-0.1, -0.05) is 36.4 Å². The molecule has 4 aromatic rings. The lowest BCUT2D eigenvalue weighted by Gasteiger charge is -2.33. The summed E-state index contributed by atoms with van der Waals surface area (Å²) in [5, 5.41) is 2.88. The number of para-hydroxylation sites is 1. The number of nitrogens with zero attached hydrogens (tertiary/aromatic N) is 3. The Hall–Kier alpha value is -5.71. The fraction of sp³-hybridized carbons (Fsp3) is 0.200. The predicted octanol–water partition coefficient (Wildman–Crippen LogP) is 4.85. The highest BCUT2D eigenvalue weighted by Gasteiger charge is 2.40. The predicted molar refractivity (Wildman–Crippen MR) is 172 cm³/mol. The number of halogens is 1. The molecule has 10 nitrogen and oxygen atoms in total. The monoisotopic (exact) mass is 624 g/mol. The van der Waals surface area contributed by atoms with Crippen LogP contribution in [0.4, 0.5) is 21.5 Å². The number of amides is 3. The molecule has 0 fully saturated rings. The van der Waals surface area contributed by atoms with Gasteiger partial charge in [0.2, 0.25) is 5.91 Å². The van der Waals surface area contributed by atoms with E-state index in [0.29, 0.717) is 22.7 Å². The Bertz CT molecular complexity index is 1790. The Labute approximate surface area is 265 Å². The zero-order valence-electron chi connectivity index (χ0n) is 25.8. The van der Waals surface area contributed by atoms with Gasteiger partial charge in [-0.15, -0.1) is 0 Å². The average molecular weight is 625 g/mol. The number of anilines is 3. The first kappa shape index (κ1) is 31.7. The van der Waals surface area contributed by atoms with Crippen molar-refractivity contribution >= 4 is 40.6 Å². The number of methoxy groups -OCH3 is 2. The van der Waals surface area contributed by atoms with Crippen molar-refractivity contribution in [3.05, 3.63) is 114 Å². The molecule has 0 radical (unpaired) electrons. The molecular weight excluding hydrogens is 591 g/mol. The van der Waals surface area contributed by atoms with E-state index in [2.05, 4.69) is 5.32 Å². The maximum absolute atomic E-state index is 15.1. The van der Waals surface area contributed by atoms with E-state index in [0.717, 1.165) is 10.6 Å². The molecular formula is C35H33FN4O6. The molecule has 1 aliphatic rings. The second-order valence-electron chi connectivity index (χ2n) is 10.8. The van der Waals surface area contributed by atoms with E-state index in [-0.39, 0.29) is 23.4 Å². The van der Waals surface area contributed by atoms with Gasteiger partial charge in [-0.2, -0.15) is 0 Å². The van der Waals surface area contributed by atoms with Gasteiger partial charge in [0.25, 0.3) is 17.6 Å². The lowest BCUT2D eigenvalue weighted by atomic mass is 10.0. The first-order valence-electron chi connectivity index (χ1n) is 14.4. The van der Waals surface area contributed by atoms with Gasteiger partial charge in [-0.25, -0.2) is 4.39 Å². The van der Waals surface area contributed by atoms with E-state index >= 15 is 4.39 Å². The van der Waals surface area contributed by atoms with Gasteiger partial charge in [-0.3, -0.25) is 24.1 Å². The molecule has 1 heterocycles. The Balaban J connectivity index is 1.59. The van der Waals surface area contributed by atoms with E-state index in [9.17, 15) is 19.2 Å². The third kappa shape index (κ3) is 6.39. The average Bonchev–Trinajstić information content (AvgIpc) is 3.30. The Kier molecular flexibility index (Phi) is 9.31. The summed E-state index contributed by atoms with van der Waals surface area (Å²) in [5.74, 6) is -2.77. The van der Waals surface area contributed by atoms with Gasteiger partial charge < -0.3 is 24.6 Å². The molecule has 0 aromatic heterocycles. The van der Waals surface area contributed by atoms with Crippen LogP contribution in [0.2, 0.25) is 0 Å². The molecule has 0 saturated heterocycles. The van der Waals surface area contributed by atoms with Crippen molar-refractivity contribution in [1.82, 2.24) is 4.90 Å². The molecule has 46 heavy (non-hydrogen) atoms. The van der Waals surface area contributed by atoms with Gasteiger partial charge in [-0.05, 0) is 60.2 Å². The number of Topliss-reactive ketones (excluding diaryl/α,β-unsaturated/α-hetero) is 1. The number of hydrogen-bond acceptors (Lipinski definition) is 7. The molecule has 0 aliphatic carbocycles. The van der Waals surface area contributed by atoms with Crippen LogP contribution < -0.4 is 24.6 Å². The molecule has 11 heteroatoms. The van der Waals surface area contributed by atoms with Crippen molar-refractivity contribution in [3.8, 4) is 11.5 Å². The smallest absolute Gasteiger partial charge is 0.299 e. The molecule has 0 saturated carbocycles. The minimum atomic E-state index is -1.33. The Morgan fingerprint density at radius 2 is 1.54 bits per heavy atom. The molecule has 1 atom stereocenters. The van der Waals surface area contributed by atoms with E-state index in [1.54, 1.807) is 54.6 Å². The zero-order valence-corrected chi connectivity index (χ0v) is 25.8. The van der Waals surface area contributed by atoms with Crippen LogP contribution in [0.15, 0.2) is 91.0 Å². The molecule has 5 rings (SSSR count). The van der Waals surface area contributed by atoms with E-state index in [1.807, 2.05) is 31.1 Å². The van der Waals surface area contributed by atoms with Crippen molar-refractivity contribution in [2.24, 2.45) is 0 Å². The zero-order chi connectivity index (χ0) is 33.0. The summed E-state index contributed by atoms with van der Waals surface area (Å²) in [4.78, 5) is 58.4. The number of carbonyl (C=O) groups is 4. The summed E-state index contributed by atoms with van der Waals surface area (Å²) in [6.07, 6.45) is 0. The lowest BCUT2D eigenvalue weighted by molar-refractivity contribution is -0.139. The number of carbonyl (C=O) groups excluding carboxylic acids is 4. The van der Waals surface area contributed by atoms with Crippen LogP contribution >= 0.6 is 0 Å². The molecule has 4 aromatic carbocycles. The molecule has 0 bridgehead atoms. The standard InChI is InChI=1S/C35H33FN4O6/c1-38(2)25-16-14-24(15-17-25)37-34(43)32(22-13-18-29(45-3)30(19-22)46-4)40(20-23-9-5-7-11-27(23)36)31(41)21-39-28-12-8-6-10-26(28)33(42)35(39)44/h5-19,32H,20-21H2,1-4H3,(H,37,43). The third-order valence-corrected chi connectivity index (χ3v) is 7.73. The summed E-state index contributed by atoms with van der Waals surface area (Å²) in [6, 6.07) is 22.9. The van der Waals surface area contributed by atoms with Gasteiger partial charge >= 0.3 is 0 Å². The SMILES string of the molecule is COc1ccc(C(C(=O)Nc2ccc(N(C)C)cc2)N(Cc2ccccc2F)C(=O)CN2C(=O)C(=O)c3ccccc32)cc1OC. The summed E-state index contributed by atoms with van der Waals surface area (Å²) >= 11 is 0. The molecule has 1 aliphatic heterocycles. The lowest BCUT2D eigenvalue weighted by Crippen LogP contribution is -2.46. The van der Waals surface area contributed by atoms with Gasteiger partial charge in [0.15, 0.2) is 11.5 Å². The molecule has 3 amide bonds. The van der Waals surface area contributed by atoms with Crippen molar-refractivity contribution in [2.75, 3.05) is 50.0 Å². The summed E-state index contributed by atoms with van der Waals surface area (Å²) in [5.41, 5.74) is 2.33. The summed E-state index contributed by atoms with van der Waals surface area (Å²) in [6.45, 7) is -0.889. The van der Waals surface area contributed by atoms with Crippen LogP contribution in [0.25, 0.3) is 0 Å². The largest absolute Gasteiger partial charge is 0.493 e. The summed E-state index contributed by atoms with van der Waals surface area (Å²) < 4.78 is 26.0. The highest BCUT2D eigenvalue weighted by atomic mass is 19.1. The van der Waals surface area contributed by atoms with E-state index in [4.69, 9.17) is 9.47 Å². The topological polar surface area (TPSA) is 108 Å². The van der Waals surface area contributed by atoms with E-state index < -0.39 is 41.9 Å². The van der Waals surface area contributed by atoms with E-state index in [1.165, 1.54) is 43.4 Å². The molecule has 0 spiro atoms. The fourth-order valence-electron chi connectivity index (χ4n) is 5.31. The number of fused-ring (bicyclic) bond motifs is 1. The first-order valence-corrected chi connectivity index (χ1v) is 14.4. The molecule has 1 N–H and O–H groups in total. The Morgan fingerprint density at radius 1 is 0.870 bits per heavy atom. The van der Waals surface area contributed by atoms with Crippen molar-refractivity contribution in [1.29, 1.82) is 0 Å². The highest BCUT2D eigenvalue weighted by molar-refractivity contribution is 6.52. The van der Waals surface area contributed by atoms with Gasteiger partial charge in [0.05, 0.1) is 25.5 Å². The maximum Gasteiger partial charge on any atom is 0.299 e. The number of ketones is 1. The minimum absolute atomic E-state index is 0.147. The third-order valence-electron chi connectivity index (χ3n) is 7.73. The molecule has 1 unspecified atom stereocenters. The minimum Gasteiger partial charge on any atom is -0.493 e. The normalized spacial score (nSPS) is 12.8. The van der Waals surface area contributed by atoms with Crippen molar-refractivity contribution in [2.45, 2.75) is 12.6 Å². The van der Waals surface area contributed by atoms with Gasteiger partial charge in [0.1, 0.15) is 18.4 Å². The number of ether oxygens (including phenoxy) is 2. The van der Waals surface area contributed by atoms with Crippen LogP contribution in [0.3, 0.4) is 0 Å². The fourth-order valence-corrected chi connectivity index (χ4v) is 5.31. The maximum atomic E-state index is 15.1. The second-order valence-corrected chi connectivity index (χ2v) is 10.8. The highest BCUT2D eigenvalue weighted by Crippen LogP contribution is 2.35. The Morgan fingerprint density at radius 3 is 2.22 bits per heavy atom.